The summed E-state index contributed by atoms with van der Waals surface area (Å²) >= 11 is 0. The third-order valence-electron chi connectivity index (χ3n) is 3.38. The van der Waals surface area contributed by atoms with Gasteiger partial charge < -0.3 is 25.5 Å². The number of nitrogens with one attached hydrogen (secondary N) is 1. The molecule has 0 radical (unpaired) electrons. The number of benzene rings is 1. The van der Waals surface area contributed by atoms with Crippen molar-refractivity contribution in [2.45, 2.75) is 18.4 Å². The number of carboxylic acid groups (broad SMARTS) is 2. The molecule has 5 N–H and O–H groups in total. The summed E-state index contributed by atoms with van der Waals surface area (Å²) < 4.78 is 0. The van der Waals surface area contributed by atoms with E-state index in [9.17, 15) is 19.8 Å². The van der Waals surface area contributed by atoms with Crippen LogP contribution in [0.15, 0.2) is 35.6 Å². The molecule has 8 nitrogen and oxygen atoms in total. The van der Waals surface area contributed by atoms with Gasteiger partial charge in [-0.05, 0) is 11.6 Å². The number of carboxylic acids is 2. The lowest BCUT2D eigenvalue weighted by atomic mass is 9.89. The highest BCUT2D eigenvalue weighted by molar-refractivity contribution is 6.36. The van der Waals surface area contributed by atoms with Crippen molar-refractivity contribution >= 4 is 28.6 Å². The average Bonchev–Trinajstić information content (AvgIpc) is 2.87. The Hall–Kier alpha value is -2.87. The second-order valence-corrected chi connectivity index (χ2v) is 4.90. The number of H-pyrrole nitrogens is 1. The molecule has 0 spiro atoms. The van der Waals surface area contributed by atoms with Gasteiger partial charge in [0.05, 0.1) is 0 Å². The molecule has 8 heteroatoms. The van der Waals surface area contributed by atoms with Crippen molar-refractivity contribution in [3.05, 3.63) is 36.0 Å². The van der Waals surface area contributed by atoms with Gasteiger partial charge >= 0.3 is 11.9 Å². The van der Waals surface area contributed by atoms with Crippen LogP contribution < -0.4 is 0 Å². The predicted octanol–water partition coefficient (Wildman–Crippen LogP) is 0.831. The van der Waals surface area contributed by atoms with Crippen LogP contribution in [0.25, 0.3) is 10.9 Å². The minimum Gasteiger partial charge on any atom is -0.479 e. The maximum Gasteiger partial charge on any atom is 0.353 e. The fourth-order valence-electron chi connectivity index (χ4n) is 2.24. The van der Waals surface area contributed by atoms with Crippen molar-refractivity contribution in [1.29, 1.82) is 0 Å². The smallest absolute Gasteiger partial charge is 0.353 e. The van der Waals surface area contributed by atoms with Crippen molar-refractivity contribution in [2.24, 2.45) is 5.16 Å². The van der Waals surface area contributed by atoms with Crippen molar-refractivity contribution in [1.82, 2.24) is 4.98 Å². The molecular weight excluding hydrogens is 292 g/mol. The van der Waals surface area contributed by atoms with Gasteiger partial charge in [-0.25, -0.2) is 9.59 Å². The minimum absolute atomic E-state index is 0.335. The maximum atomic E-state index is 11.4. The Morgan fingerprint density at radius 2 is 1.91 bits per heavy atom. The average molecular weight is 306 g/mol. The second-order valence-electron chi connectivity index (χ2n) is 4.90. The Morgan fingerprint density at radius 1 is 1.23 bits per heavy atom. The van der Waals surface area contributed by atoms with Crippen LogP contribution in [0.1, 0.15) is 12.0 Å². The summed E-state index contributed by atoms with van der Waals surface area (Å²) in [6.45, 7) is 0. The summed E-state index contributed by atoms with van der Waals surface area (Å²) in [4.78, 5) is 25.2. The van der Waals surface area contributed by atoms with Gasteiger partial charge in [0, 0.05) is 29.9 Å². The van der Waals surface area contributed by atoms with Crippen molar-refractivity contribution in [3.8, 4) is 0 Å². The molecule has 1 aromatic carbocycles. The van der Waals surface area contributed by atoms with Gasteiger partial charge in [0.2, 0.25) is 0 Å². The second kappa shape index (κ2) is 5.86. The highest BCUT2D eigenvalue weighted by Crippen LogP contribution is 2.25. The minimum atomic E-state index is -2.40. The number of carbonyl (C=O) groups is 2. The molecule has 1 heterocycles. The van der Waals surface area contributed by atoms with Gasteiger partial charge in [0.25, 0.3) is 0 Å². The van der Waals surface area contributed by atoms with E-state index in [4.69, 9.17) is 10.3 Å². The SMILES string of the molecule is O=C(O)C(C[C@@](O)(Cc1c[nH]c2ccccc12)C(=O)O)=NO. The summed E-state index contributed by atoms with van der Waals surface area (Å²) in [6.07, 6.45) is 0.390. The van der Waals surface area contributed by atoms with E-state index < -0.39 is 29.7 Å². The van der Waals surface area contributed by atoms with Gasteiger partial charge in [0.15, 0.2) is 11.3 Å². The van der Waals surface area contributed by atoms with E-state index in [0.29, 0.717) is 5.56 Å². The molecule has 1 aromatic heterocycles. The Bertz CT molecular complexity index is 751. The van der Waals surface area contributed by atoms with Crippen LogP contribution in [-0.2, 0) is 16.0 Å². The van der Waals surface area contributed by atoms with Crippen LogP contribution in [0, 0.1) is 0 Å². The number of aliphatic carboxylic acids is 2. The Kier molecular flexibility index (Phi) is 4.13. The van der Waals surface area contributed by atoms with E-state index in [2.05, 4.69) is 10.1 Å². The molecule has 1 atom stereocenters. The van der Waals surface area contributed by atoms with Crippen LogP contribution in [-0.4, -0.2) is 48.8 Å². The van der Waals surface area contributed by atoms with E-state index in [1.54, 1.807) is 30.5 Å². The maximum absolute atomic E-state index is 11.4. The first kappa shape index (κ1) is 15.5. The lowest BCUT2D eigenvalue weighted by Gasteiger charge is -2.22. The number of aliphatic hydroxyl groups is 1. The molecule has 0 saturated carbocycles. The van der Waals surface area contributed by atoms with Gasteiger partial charge in [-0.3, -0.25) is 0 Å². The number of para-hydroxylation sites is 1. The fraction of sp³-hybridized carbons (Fsp3) is 0.214. The lowest BCUT2D eigenvalue weighted by molar-refractivity contribution is -0.157. The first-order valence-electron chi connectivity index (χ1n) is 6.32. The van der Waals surface area contributed by atoms with E-state index in [-0.39, 0.29) is 6.42 Å². The molecule has 0 aliphatic rings. The molecule has 0 amide bonds. The quantitative estimate of drug-likeness (QED) is 0.304. The molecule has 0 bridgehead atoms. The summed E-state index contributed by atoms with van der Waals surface area (Å²) in [7, 11) is 0. The topological polar surface area (TPSA) is 143 Å². The fourth-order valence-corrected chi connectivity index (χ4v) is 2.24. The predicted molar refractivity (Wildman–Crippen MR) is 76.1 cm³/mol. The zero-order valence-corrected chi connectivity index (χ0v) is 11.4. The summed E-state index contributed by atoms with van der Waals surface area (Å²) in [5.74, 6) is -3.19. The molecule has 0 aliphatic heterocycles. The molecule has 2 aromatic rings. The van der Waals surface area contributed by atoms with Gasteiger partial charge in [0.1, 0.15) is 0 Å². The number of aromatic nitrogens is 1. The van der Waals surface area contributed by atoms with Gasteiger partial charge in [-0.2, -0.15) is 0 Å². The van der Waals surface area contributed by atoms with Gasteiger partial charge in [-0.15, -0.1) is 0 Å². The lowest BCUT2D eigenvalue weighted by Crippen LogP contribution is -2.44. The van der Waals surface area contributed by atoms with Gasteiger partial charge in [-0.1, -0.05) is 23.4 Å². The van der Waals surface area contributed by atoms with E-state index in [1.807, 2.05) is 0 Å². The highest BCUT2D eigenvalue weighted by atomic mass is 16.4. The third kappa shape index (κ3) is 2.91. The standard InChI is InChI=1S/C14H14N2O6/c17-12(18)11(16-22)6-14(21,13(19)20)5-8-7-15-10-4-2-1-3-9(8)10/h1-4,7,15,21-22H,5-6H2,(H,17,18)(H,19,20)/t14-/m0/s1. The van der Waals surface area contributed by atoms with Crippen LogP contribution in [0.5, 0.6) is 0 Å². The summed E-state index contributed by atoms with van der Waals surface area (Å²) in [6, 6.07) is 7.10. The zero-order chi connectivity index (χ0) is 16.3. The number of oxime groups is 1. The molecule has 0 saturated heterocycles. The molecule has 0 unspecified atom stereocenters. The Balaban J connectivity index is 2.36. The normalized spacial score (nSPS) is 14.7. The number of fused-ring (bicyclic) bond motifs is 1. The van der Waals surface area contributed by atoms with E-state index >= 15 is 0 Å². The molecule has 0 aliphatic carbocycles. The van der Waals surface area contributed by atoms with E-state index in [0.717, 1.165) is 10.9 Å². The Morgan fingerprint density at radius 3 is 2.50 bits per heavy atom. The number of hydrogen-bond donors (Lipinski definition) is 5. The molecular formula is C14H14N2O6. The first-order chi connectivity index (χ1) is 10.4. The number of hydrogen-bond acceptors (Lipinski definition) is 5. The van der Waals surface area contributed by atoms with Crippen LogP contribution in [0.3, 0.4) is 0 Å². The number of rotatable bonds is 6. The van der Waals surface area contributed by atoms with Crippen molar-refractivity contribution in [3.63, 3.8) is 0 Å². The first-order valence-corrected chi connectivity index (χ1v) is 6.32. The van der Waals surface area contributed by atoms with Crippen molar-refractivity contribution < 1.29 is 30.1 Å². The third-order valence-corrected chi connectivity index (χ3v) is 3.38. The zero-order valence-electron chi connectivity index (χ0n) is 11.4. The van der Waals surface area contributed by atoms with Crippen LogP contribution in [0.2, 0.25) is 0 Å². The monoisotopic (exact) mass is 306 g/mol. The molecule has 2 rings (SSSR count). The summed E-state index contributed by atoms with van der Waals surface area (Å²) in [5, 5.41) is 40.2. The molecule has 116 valence electrons. The number of aromatic amines is 1. The van der Waals surface area contributed by atoms with E-state index in [1.165, 1.54) is 0 Å². The number of nitrogens with zero attached hydrogens (tertiary/aromatic N) is 1. The van der Waals surface area contributed by atoms with Crippen LogP contribution in [0.4, 0.5) is 0 Å². The van der Waals surface area contributed by atoms with Crippen molar-refractivity contribution in [2.75, 3.05) is 0 Å². The Labute approximate surface area is 124 Å². The summed E-state index contributed by atoms with van der Waals surface area (Å²) in [5.41, 5.74) is -1.95. The molecule has 22 heavy (non-hydrogen) atoms. The largest absolute Gasteiger partial charge is 0.479 e. The highest BCUT2D eigenvalue weighted by Gasteiger charge is 2.40. The van der Waals surface area contributed by atoms with Crippen LogP contribution >= 0.6 is 0 Å². The molecule has 0 fully saturated rings.